The van der Waals surface area contributed by atoms with Crippen molar-refractivity contribution in [1.29, 1.82) is 0 Å². The van der Waals surface area contributed by atoms with Gasteiger partial charge in [-0.3, -0.25) is 4.79 Å². The number of aromatic nitrogens is 3. The van der Waals surface area contributed by atoms with Gasteiger partial charge in [0.2, 0.25) is 5.88 Å². The smallest absolute Gasteiger partial charge is 0.275 e. The van der Waals surface area contributed by atoms with Crippen LogP contribution in [0.2, 0.25) is 0 Å². The first-order chi connectivity index (χ1) is 16.6. The fourth-order valence-corrected chi connectivity index (χ4v) is 4.33. The second-order valence-corrected chi connectivity index (χ2v) is 8.72. The minimum atomic E-state index is -0.426. The van der Waals surface area contributed by atoms with E-state index in [1.54, 1.807) is 0 Å². The quantitative estimate of drug-likeness (QED) is 0.192. The number of nitrogens with one attached hydrogen (secondary N) is 2. The maximum Gasteiger partial charge on any atom is 0.275 e. The molecule has 34 heavy (non-hydrogen) atoms. The maximum absolute atomic E-state index is 12.4. The molecule has 0 saturated carbocycles. The van der Waals surface area contributed by atoms with Gasteiger partial charge in [0.1, 0.15) is 0 Å². The number of H-pyrrole nitrogens is 2. The molecule has 0 aliphatic carbocycles. The number of azo groups is 1. The van der Waals surface area contributed by atoms with Crippen LogP contribution in [0.4, 0.5) is 5.69 Å². The van der Waals surface area contributed by atoms with Crippen molar-refractivity contribution in [2.75, 3.05) is 5.75 Å². The average Bonchev–Trinajstić information content (AvgIpc) is 3.43. The molecule has 168 valence electrons. The first-order valence-electron chi connectivity index (χ1n) is 10.7. The molecule has 3 N–H and O–H groups in total. The van der Waals surface area contributed by atoms with E-state index in [2.05, 4.69) is 20.2 Å². The van der Waals surface area contributed by atoms with E-state index in [1.165, 1.54) is 11.8 Å². The highest BCUT2D eigenvalue weighted by Crippen LogP contribution is 2.36. The predicted molar refractivity (Wildman–Crippen MR) is 134 cm³/mol. The van der Waals surface area contributed by atoms with E-state index in [-0.39, 0.29) is 17.3 Å². The van der Waals surface area contributed by atoms with Gasteiger partial charge in [-0.05, 0) is 19.1 Å². The number of aryl methyl sites for hydroxylation is 1. The maximum atomic E-state index is 12.4. The Balaban J connectivity index is 1.35. The summed E-state index contributed by atoms with van der Waals surface area (Å²) >= 11 is 1.26. The van der Waals surface area contributed by atoms with Crippen LogP contribution in [0.25, 0.3) is 33.4 Å². The summed E-state index contributed by atoms with van der Waals surface area (Å²) in [5.74, 6) is -0.483. The minimum absolute atomic E-state index is 0.0572. The second kappa shape index (κ2) is 9.36. The molecule has 0 saturated heterocycles. The number of rotatable bonds is 6. The van der Waals surface area contributed by atoms with Gasteiger partial charge in [-0.25, -0.2) is 4.98 Å². The van der Waals surface area contributed by atoms with Crippen molar-refractivity contribution in [3.05, 3.63) is 84.4 Å². The van der Waals surface area contributed by atoms with Crippen molar-refractivity contribution in [1.82, 2.24) is 15.0 Å². The lowest BCUT2D eigenvalue weighted by Crippen LogP contribution is -1.96. The molecule has 3 aromatic carbocycles. The highest BCUT2D eigenvalue weighted by atomic mass is 32.2. The Hall–Kier alpha value is -4.17. The van der Waals surface area contributed by atoms with Crippen LogP contribution >= 0.6 is 11.8 Å². The number of aromatic amines is 2. The van der Waals surface area contributed by atoms with Gasteiger partial charge in [0.15, 0.2) is 10.8 Å². The zero-order valence-electron chi connectivity index (χ0n) is 18.3. The van der Waals surface area contributed by atoms with Crippen LogP contribution in [-0.2, 0) is 4.79 Å². The summed E-state index contributed by atoms with van der Waals surface area (Å²) in [6.45, 7) is 1.95. The van der Waals surface area contributed by atoms with E-state index in [1.807, 2.05) is 85.8 Å². The summed E-state index contributed by atoms with van der Waals surface area (Å²) in [6.07, 6.45) is 0. The van der Waals surface area contributed by atoms with Gasteiger partial charge >= 0.3 is 0 Å². The standard InChI is InChI=1S/C26H21N5O2S/c1-16-12-13-20-19(14-16)24(25(33)27-20)31-30-21(32)15-34-26-28-22(17-8-4-2-5-9-17)23(29-26)18-10-6-3-7-11-18/h2-14,27,33H,15H2,1H3,(H,28,29). The molecule has 0 aliphatic rings. The summed E-state index contributed by atoms with van der Waals surface area (Å²) in [5.41, 5.74) is 5.72. The van der Waals surface area contributed by atoms with Crippen LogP contribution in [0.1, 0.15) is 5.56 Å². The number of fused-ring (bicyclic) bond motifs is 1. The predicted octanol–water partition coefficient (Wildman–Crippen LogP) is 6.64. The van der Waals surface area contributed by atoms with Gasteiger partial charge in [-0.15, -0.1) is 10.2 Å². The summed E-state index contributed by atoms with van der Waals surface area (Å²) in [4.78, 5) is 23.4. The molecule has 0 fully saturated rings. The molecule has 0 bridgehead atoms. The van der Waals surface area contributed by atoms with E-state index < -0.39 is 5.91 Å². The van der Waals surface area contributed by atoms with Gasteiger partial charge in [0.25, 0.3) is 5.91 Å². The highest BCUT2D eigenvalue weighted by Gasteiger charge is 2.16. The zero-order chi connectivity index (χ0) is 23.5. The van der Waals surface area contributed by atoms with Gasteiger partial charge in [0, 0.05) is 16.5 Å². The number of hydrogen-bond acceptors (Lipinski definition) is 5. The Morgan fingerprint density at radius 1 is 0.971 bits per heavy atom. The van der Waals surface area contributed by atoms with Gasteiger partial charge in [-0.2, -0.15) is 0 Å². The Labute approximate surface area is 200 Å². The molecule has 0 spiro atoms. The molecule has 0 radical (unpaired) electrons. The number of amides is 1. The summed E-state index contributed by atoms with van der Waals surface area (Å²) < 4.78 is 0. The first kappa shape index (κ1) is 21.7. The third-order valence-corrected chi connectivity index (χ3v) is 6.15. The van der Waals surface area contributed by atoms with E-state index in [0.29, 0.717) is 10.5 Å². The summed E-state index contributed by atoms with van der Waals surface area (Å²) in [7, 11) is 0. The van der Waals surface area contributed by atoms with E-state index in [0.717, 1.165) is 33.6 Å². The number of aromatic hydroxyl groups is 1. The third kappa shape index (κ3) is 4.49. The molecule has 2 aromatic heterocycles. The van der Waals surface area contributed by atoms with Crippen LogP contribution in [0.5, 0.6) is 5.88 Å². The van der Waals surface area contributed by atoms with Gasteiger partial charge < -0.3 is 15.1 Å². The van der Waals surface area contributed by atoms with Crippen LogP contribution in [0, 0.1) is 6.92 Å². The topological polar surface area (TPSA) is 106 Å². The normalized spacial score (nSPS) is 11.4. The second-order valence-electron chi connectivity index (χ2n) is 7.75. The van der Waals surface area contributed by atoms with Crippen molar-refractivity contribution in [3.8, 4) is 28.4 Å². The molecular weight excluding hydrogens is 446 g/mol. The molecule has 5 rings (SSSR count). The molecule has 0 aliphatic heterocycles. The number of imidazole rings is 1. The molecule has 2 heterocycles. The van der Waals surface area contributed by atoms with Crippen molar-refractivity contribution in [2.45, 2.75) is 12.1 Å². The molecule has 0 atom stereocenters. The number of benzene rings is 3. The van der Waals surface area contributed by atoms with Gasteiger partial charge in [-0.1, -0.05) is 84.1 Å². The Morgan fingerprint density at radius 3 is 2.41 bits per heavy atom. The fourth-order valence-electron chi connectivity index (χ4n) is 3.68. The summed E-state index contributed by atoms with van der Waals surface area (Å²) in [5, 5.41) is 19.3. The van der Waals surface area contributed by atoms with E-state index >= 15 is 0 Å². The number of thioether (sulfide) groups is 1. The lowest BCUT2D eigenvalue weighted by Gasteiger charge is -2.02. The van der Waals surface area contributed by atoms with E-state index in [4.69, 9.17) is 4.98 Å². The number of hydrogen-bond donors (Lipinski definition) is 3. The largest absolute Gasteiger partial charge is 0.493 e. The van der Waals surface area contributed by atoms with Crippen molar-refractivity contribution < 1.29 is 9.90 Å². The van der Waals surface area contributed by atoms with Crippen molar-refractivity contribution >= 4 is 34.3 Å². The minimum Gasteiger partial charge on any atom is -0.493 e. The Morgan fingerprint density at radius 2 is 1.68 bits per heavy atom. The average molecular weight is 468 g/mol. The molecule has 0 unspecified atom stereocenters. The Bertz CT molecular complexity index is 1430. The Kier molecular flexibility index (Phi) is 5.97. The van der Waals surface area contributed by atoms with Crippen LogP contribution in [-0.4, -0.2) is 31.7 Å². The summed E-state index contributed by atoms with van der Waals surface area (Å²) in [6, 6.07) is 25.5. The van der Waals surface area contributed by atoms with Gasteiger partial charge in [0.05, 0.1) is 22.7 Å². The molecule has 7 nitrogen and oxygen atoms in total. The fraction of sp³-hybridized carbons (Fsp3) is 0.0769. The number of nitrogens with zero attached hydrogens (tertiary/aromatic N) is 3. The zero-order valence-corrected chi connectivity index (χ0v) is 19.1. The molecule has 1 amide bonds. The lowest BCUT2D eigenvalue weighted by molar-refractivity contribution is -0.115. The molecule has 5 aromatic rings. The van der Waals surface area contributed by atoms with Crippen LogP contribution in [0.3, 0.4) is 0 Å². The number of carbonyl (C=O) groups excluding carboxylic acids is 1. The first-order valence-corrected chi connectivity index (χ1v) is 11.7. The van der Waals surface area contributed by atoms with Crippen LogP contribution in [0.15, 0.2) is 94.2 Å². The number of carbonyl (C=O) groups is 1. The SMILES string of the molecule is Cc1ccc2[nH]c(O)c(N=NC(=O)CSc3nc(-c4ccccc4)c(-c4ccccc4)[nH]3)c2c1. The van der Waals surface area contributed by atoms with Crippen molar-refractivity contribution in [3.63, 3.8) is 0 Å². The van der Waals surface area contributed by atoms with E-state index in [9.17, 15) is 9.90 Å². The lowest BCUT2D eigenvalue weighted by atomic mass is 10.1. The highest BCUT2D eigenvalue weighted by molar-refractivity contribution is 7.99. The molecule has 8 heteroatoms. The van der Waals surface area contributed by atoms with Crippen molar-refractivity contribution in [2.24, 2.45) is 10.2 Å². The monoisotopic (exact) mass is 467 g/mol. The van der Waals surface area contributed by atoms with Crippen LogP contribution < -0.4 is 0 Å². The third-order valence-electron chi connectivity index (χ3n) is 5.29. The molecular formula is C26H21N5O2S.